The van der Waals surface area contributed by atoms with E-state index in [-0.39, 0.29) is 17.9 Å². The number of terminal acetylenes is 1. The van der Waals surface area contributed by atoms with Gasteiger partial charge in [-0.3, -0.25) is 19.8 Å². The molecule has 24 heavy (non-hydrogen) atoms. The van der Waals surface area contributed by atoms with Crippen LogP contribution in [0.25, 0.3) is 0 Å². The maximum Gasteiger partial charge on any atom is 0.243 e. The van der Waals surface area contributed by atoms with Crippen LogP contribution in [-0.2, 0) is 22.7 Å². The monoisotopic (exact) mass is 325 g/mol. The molecule has 1 aromatic rings. The molecule has 1 aromatic carbocycles. The number of imide groups is 1. The van der Waals surface area contributed by atoms with Crippen LogP contribution in [0.3, 0.4) is 0 Å². The summed E-state index contributed by atoms with van der Waals surface area (Å²) in [7, 11) is 0. The second-order valence-corrected chi connectivity index (χ2v) is 6.40. The molecule has 0 bridgehead atoms. The van der Waals surface area contributed by atoms with Gasteiger partial charge in [0.1, 0.15) is 0 Å². The fourth-order valence-electron chi connectivity index (χ4n) is 3.44. The third kappa shape index (κ3) is 3.60. The minimum absolute atomic E-state index is 0.164. The van der Waals surface area contributed by atoms with Crippen molar-refractivity contribution >= 4 is 17.5 Å². The number of rotatable bonds is 6. The SMILES string of the molecule is C#CCCCCNc1cccc2c1CN(C1CCC(=O)NC1=O)C2. The number of nitrogens with one attached hydrogen (secondary N) is 2. The van der Waals surface area contributed by atoms with Crippen LogP contribution in [0.15, 0.2) is 18.2 Å². The van der Waals surface area contributed by atoms with Crippen LogP contribution in [0.5, 0.6) is 0 Å². The Bertz CT molecular complexity index is 678. The molecule has 5 nitrogen and oxygen atoms in total. The van der Waals surface area contributed by atoms with E-state index < -0.39 is 0 Å². The van der Waals surface area contributed by atoms with Gasteiger partial charge in [0.05, 0.1) is 6.04 Å². The largest absolute Gasteiger partial charge is 0.385 e. The summed E-state index contributed by atoms with van der Waals surface area (Å²) in [4.78, 5) is 25.6. The van der Waals surface area contributed by atoms with E-state index in [0.29, 0.717) is 12.8 Å². The quantitative estimate of drug-likeness (QED) is 0.477. The second kappa shape index (κ2) is 7.50. The first-order chi connectivity index (χ1) is 11.7. The molecule has 5 heteroatoms. The van der Waals surface area contributed by atoms with E-state index >= 15 is 0 Å². The fraction of sp³-hybridized carbons (Fsp3) is 0.474. The molecular weight excluding hydrogens is 302 g/mol. The Balaban J connectivity index is 1.62. The van der Waals surface area contributed by atoms with Crippen molar-refractivity contribution in [3.8, 4) is 12.3 Å². The highest BCUT2D eigenvalue weighted by atomic mass is 16.2. The lowest BCUT2D eigenvalue weighted by atomic mass is 10.0. The summed E-state index contributed by atoms with van der Waals surface area (Å²) in [5, 5.41) is 5.95. The molecule has 126 valence electrons. The number of fused-ring (bicyclic) bond motifs is 1. The van der Waals surface area contributed by atoms with E-state index in [1.807, 2.05) is 0 Å². The Morgan fingerprint density at radius 3 is 2.96 bits per heavy atom. The molecular formula is C19H23N3O2. The van der Waals surface area contributed by atoms with Crippen LogP contribution < -0.4 is 10.6 Å². The molecule has 3 rings (SSSR count). The predicted octanol–water partition coefficient (Wildman–Crippen LogP) is 2.02. The van der Waals surface area contributed by atoms with Gasteiger partial charge in [0, 0.05) is 38.2 Å². The van der Waals surface area contributed by atoms with Gasteiger partial charge in [-0.1, -0.05) is 12.1 Å². The highest BCUT2D eigenvalue weighted by molar-refractivity contribution is 6.00. The molecule has 2 aliphatic heterocycles. The average Bonchev–Trinajstić information content (AvgIpc) is 2.99. The maximum atomic E-state index is 12.1. The maximum absolute atomic E-state index is 12.1. The van der Waals surface area contributed by atoms with E-state index in [0.717, 1.165) is 44.6 Å². The third-order valence-electron chi connectivity index (χ3n) is 4.72. The minimum atomic E-state index is -0.210. The molecule has 0 spiro atoms. The molecule has 2 N–H and O–H groups in total. The van der Waals surface area contributed by atoms with E-state index in [2.05, 4.69) is 39.7 Å². The number of amides is 2. The Morgan fingerprint density at radius 2 is 2.17 bits per heavy atom. The molecule has 0 aromatic heterocycles. The Labute approximate surface area is 142 Å². The van der Waals surface area contributed by atoms with Crippen LogP contribution in [0.2, 0.25) is 0 Å². The van der Waals surface area contributed by atoms with E-state index in [1.54, 1.807) is 0 Å². The summed E-state index contributed by atoms with van der Waals surface area (Å²) in [6.45, 7) is 2.40. The fourth-order valence-corrected chi connectivity index (χ4v) is 3.44. The van der Waals surface area contributed by atoms with Crippen LogP contribution >= 0.6 is 0 Å². The van der Waals surface area contributed by atoms with Crippen molar-refractivity contribution in [1.29, 1.82) is 0 Å². The number of nitrogens with zero attached hydrogens (tertiary/aromatic N) is 1. The van der Waals surface area contributed by atoms with E-state index in [4.69, 9.17) is 6.42 Å². The van der Waals surface area contributed by atoms with Crippen molar-refractivity contribution < 1.29 is 9.59 Å². The lowest BCUT2D eigenvalue weighted by Crippen LogP contribution is -2.50. The number of piperidine rings is 1. The van der Waals surface area contributed by atoms with Crippen molar-refractivity contribution in [3.05, 3.63) is 29.3 Å². The lowest BCUT2D eigenvalue weighted by Gasteiger charge is -2.29. The highest BCUT2D eigenvalue weighted by Crippen LogP contribution is 2.32. The Hall–Kier alpha value is -2.32. The zero-order chi connectivity index (χ0) is 16.9. The number of anilines is 1. The van der Waals surface area contributed by atoms with Crippen molar-refractivity contribution in [1.82, 2.24) is 10.2 Å². The normalized spacial score (nSPS) is 20.4. The van der Waals surface area contributed by atoms with Crippen LogP contribution in [-0.4, -0.2) is 29.3 Å². The van der Waals surface area contributed by atoms with Crippen molar-refractivity contribution in [3.63, 3.8) is 0 Å². The number of unbranched alkanes of at least 4 members (excludes halogenated alkanes) is 2. The number of carbonyl (C=O) groups is 2. The predicted molar refractivity (Wildman–Crippen MR) is 93.0 cm³/mol. The topological polar surface area (TPSA) is 61.4 Å². The van der Waals surface area contributed by atoms with Gasteiger partial charge in [-0.05, 0) is 36.5 Å². The number of carbonyl (C=O) groups excluding carboxylic acids is 2. The van der Waals surface area contributed by atoms with Gasteiger partial charge in [0.25, 0.3) is 0 Å². The first kappa shape index (κ1) is 16.5. The van der Waals surface area contributed by atoms with Crippen LogP contribution in [0, 0.1) is 12.3 Å². The first-order valence-electron chi connectivity index (χ1n) is 8.55. The number of hydrogen-bond donors (Lipinski definition) is 2. The Morgan fingerprint density at radius 1 is 1.29 bits per heavy atom. The molecule has 0 saturated carbocycles. The molecule has 2 heterocycles. The van der Waals surface area contributed by atoms with E-state index in [9.17, 15) is 9.59 Å². The molecule has 1 fully saturated rings. The summed E-state index contributed by atoms with van der Waals surface area (Å²) >= 11 is 0. The first-order valence-corrected chi connectivity index (χ1v) is 8.55. The molecule has 1 saturated heterocycles. The zero-order valence-electron chi connectivity index (χ0n) is 13.8. The summed E-state index contributed by atoms with van der Waals surface area (Å²) in [6, 6.07) is 6.05. The second-order valence-electron chi connectivity index (χ2n) is 6.40. The number of benzene rings is 1. The summed E-state index contributed by atoms with van der Waals surface area (Å²) in [5.41, 5.74) is 3.66. The van der Waals surface area contributed by atoms with Gasteiger partial charge in [-0.15, -0.1) is 12.3 Å². The van der Waals surface area contributed by atoms with Crippen molar-refractivity contribution in [2.24, 2.45) is 0 Å². The molecule has 2 amide bonds. The molecule has 0 aliphatic carbocycles. The van der Waals surface area contributed by atoms with E-state index in [1.165, 1.54) is 11.1 Å². The molecule has 0 radical (unpaired) electrons. The molecule has 1 atom stereocenters. The van der Waals surface area contributed by atoms with Crippen molar-refractivity contribution in [2.75, 3.05) is 11.9 Å². The lowest BCUT2D eigenvalue weighted by molar-refractivity contribution is -0.137. The summed E-state index contributed by atoms with van der Waals surface area (Å²) in [5.74, 6) is 2.33. The third-order valence-corrected chi connectivity index (χ3v) is 4.72. The molecule has 1 unspecified atom stereocenters. The average molecular weight is 325 g/mol. The van der Waals surface area contributed by atoms with Gasteiger partial charge in [0.15, 0.2) is 0 Å². The highest BCUT2D eigenvalue weighted by Gasteiger charge is 2.35. The summed E-state index contributed by atoms with van der Waals surface area (Å²) in [6.07, 6.45) is 9.19. The van der Waals surface area contributed by atoms with Gasteiger partial charge in [0.2, 0.25) is 11.8 Å². The Kier molecular flexibility index (Phi) is 5.17. The van der Waals surface area contributed by atoms with Gasteiger partial charge in [-0.25, -0.2) is 0 Å². The van der Waals surface area contributed by atoms with Gasteiger partial charge >= 0.3 is 0 Å². The molecule has 2 aliphatic rings. The van der Waals surface area contributed by atoms with Crippen molar-refractivity contribution in [2.45, 2.75) is 51.2 Å². The number of hydrogen-bond acceptors (Lipinski definition) is 4. The van der Waals surface area contributed by atoms with Crippen LogP contribution in [0.1, 0.15) is 43.2 Å². The standard InChI is InChI=1S/C19H23N3O2/c1-2-3-4-5-11-20-16-8-6-7-14-12-22(13-15(14)16)17-9-10-18(23)21-19(17)24/h1,6-8,17,20H,3-5,9-13H2,(H,21,23,24). The smallest absolute Gasteiger partial charge is 0.243 e. The summed E-state index contributed by atoms with van der Waals surface area (Å²) < 4.78 is 0. The van der Waals surface area contributed by atoms with Crippen LogP contribution in [0.4, 0.5) is 5.69 Å². The van der Waals surface area contributed by atoms with Gasteiger partial charge in [-0.2, -0.15) is 0 Å². The van der Waals surface area contributed by atoms with Gasteiger partial charge < -0.3 is 5.32 Å². The zero-order valence-corrected chi connectivity index (χ0v) is 13.8. The minimum Gasteiger partial charge on any atom is -0.385 e.